The number of nitrogens with two attached hydrogens (primary N) is 1. The summed E-state index contributed by atoms with van der Waals surface area (Å²) in [5, 5.41) is 21.9. The zero-order valence-corrected chi connectivity index (χ0v) is 15.1. The molecule has 5 rings (SSSR count). The smallest absolute Gasteiger partial charge is 0.164 e. The number of halogens is 2. The monoisotopic (exact) mass is 404 g/mol. The highest BCUT2D eigenvalue weighted by Gasteiger charge is 2.49. The minimum atomic E-state index is -1.32. The molecule has 2 aliphatic rings. The molecule has 1 saturated heterocycles. The van der Waals surface area contributed by atoms with Gasteiger partial charge in [-0.25, -0.2) is 18.7 Å². The van der Waals surface area contributed by atoms with Crippen molar-refractivity contribution in [1.29, 1.82) is 0 Å². The molecule has 152 valence electrons. The van der Waals surface area contributed by atoms with E-state index in [2.05, 4.69) is 9.97 Å². The van der Waals surface area contributed by atoms with Crippen molar-refractivity contribution in [2.24, 2.45) is 0 Å². The summed E-state index contributed by atoms with van der Waals surface area (Å²) in [7, 11) is 0. The molecule has 0 unspecified atom stereocenters. The van der Waals surface area contributed by atoms with E-state index in [1.54, 1.807) is 16.8 Å². The van der Waals surface area contributed by atoms with Gasteiger partial charge in [0.1, 0.15) is 42.2 Å². The van der Waals surface area contributed by atoms with Gasteiger partial charge in [0.05, 0.1) is 12.0 Å². The Bertz CT molecular complexity index is 1090. The SMILES string of the molecule is Nc1ncnc2c1ccn2[C@@H]1O[C@H]([C@@H]2OCCc3c2ccc(F)c3F)[C@@H](O)[C@H]1O. The Morgan fingerprint density at radius 2 is 1.97 bits per heavy atom. The minimum absolute atomic E-state index is 0.140. The van der Waals surface area contributed by atoms with Crippen molar-refractivity contribution in [2.75, 3.05) is 12.3 Å². The maximum Gasteiger partial charge on any atom is 0.164 e. The molecular weight excluding hydrogens is 386 g/mol. The van der Waals surface area contributed by atoms with Crippen molar-refractivity contribution < 1.29 is 28.5 Å². The van der Waals surface area contributed by atoms with Gasteiger partial charge in [-0.05, 0) is 29.7 Å². The molecular formula is C19H18F2N4O4. The number of rotatable bonds is 2. The number of anilines is 1. The molecule has 0 bridgehead atoms. The van der Waals surface area contributed by atoms with Crippen LogP contribution in [0.15, 0.2) is 30.7 Å². The van der Waals surface area contributed by atoms with Crippen LogP contribution in [0, 0.1) is 11.6 Å². The second kappa shape index (κ2) is 6.70. The van der Waals surface area contributed by atoms with Gasteiger partial charge >= 0.3 is 0 Å². The zero-order chi connectivity index (χ0) is 20.3. The van der Waals surface area contributed by atoms with Crippen molar-refractivity contribution in [3.63, 3.8) is 0 Å². The quantitative estimate of drug-likeness (QED) is 0.588. The van der Waals surface area contributed by atoms with E-state index in [1.807, 2.05) is 0 Å². The van der Waals surface area contributed by atoms with Gasteiger partial charge in [0.2, 0.25) is 0 Å². The molecule has 1 fully saturated rings. The second-order valence-corrected chi connectivity index (χ2v) is 7.16. The lowest BCUT2D eigenvalue weighted by Gasteiger charge is -2.31. The molecule has 0 aliphatic carbocycles. The topological polar surface area (TPSA) is 116 Å². The number of aromatic nitrogens is 3. The summed E-state index contributed by atoms with van der Waals surface area (Å²) in [4.78, 5) is 8.10. The molecule has 2 aliphatic heterocycles. The normalized spacial score (nSPS) is 29.3. The van der Waals surface area contributed by atoms with Crippen LogP contribution in [0.25, 0.3) is 11.0 Å². The summed E-state index contributed by atoms with van der Waals surface area (Å²) in [5.41, 5.74) is 6.88. The van der Waals surface area contributed by atoms with Gasteiger partial charge < -0.3 is 30.0 Å². The van der Waals surface area contributed by atoms with Crippen molar-refractivity contribution in [3.8, 4) is 0 Å². The second-order valence-electron chi connectivity index (χ2n) is 7.16. The average molecular weight is 404 g/mol. The Morgan fingerprint density at radius 1 is 1.14 bits per heavy atom. The van der Waals surface area contributed by atoms with Crippen LogP contribution >= 0.6 is 0 Å². The third-order valence-corrected chi connectivity index (χ3v) is 5.58. The van der Waals surface area contributed by atoms with Gasteiger partial charge in [-0.2, -0.15) is 0 Å². The Balaban J connectivity index is 1.51. The molecule has 2 aromatic heterocycles. The lowest BCUT2D eigenvalue weighted by Crippen LogP contribution is -2.37. The predicted molar refractivity (Wildman–Crippen MR) is 96.6 cm³/mol. The molecule has 3 aromatic rings. The predicted octanol–water partition coefficient (Wildman–Crippen LogP) is 1.22. The van der Waals surface area contributed by atoms with E-state index in [0.717, 1.165) is 6.07 Å². The maximum atomic E-state index is 14.2. The minimum Gasteiger partial charge on any atom is -0.387 e. The molecule has 0 amide bonds. The number of fused-ring (bicyclic) bond motifs is 2. The Hall–Kier alpha value is -2.66. The van der Waals surface area contributed by atoms with Crippen LogP contribution < -0.4 is 5.73 Å². The first kappa shape index (κ1) is 18.4. The van der Waals surface area contributed by atoms with Crippen LogP contribution in [0.4, 0.5) is 14.6 Å². The molecule has 0 spiro atoms. The lowest BCUT2D eigenvalue weighted by atomic mass is 9.91. The van der Waals surface area contributed by atoms with Crippen LogP contribution in [0.5, 0.6) is 0 Å². The molecule has 0 radical (unpaired) electrons. The fraction of sp³-hybridized carbons (Fsp3) is 0.368. The van der Waals surface area contributed by atoms with Crippen LogP contribution in [-0.4, -0.2) is 49.7 Å². The Labute approximate surface area is 163 Å². The zero-order valence-electron chi connectivity index (χ0n) is 15.1. The highest BCUT2D eigenvalue weighted by Crippen LogP contribution is 2.42. The molecule has 10 heteroatoms. The van der Waals surface area contributed by atoms with E-state index in [4.69, 9.17) is 15.2 Å². The summed E-state index contributed by atoms with van der Waals surface area (Å²) >= 11 is 0. The van der Waals surface area contributed by atoms with Gasteiger partial charge in [0.25, 0.3) is 0 Å². The number of aliphatic hydroxyl groups is 2. The van der Waals surface area contributed by atoms with E-state index in [-0.39, 0.29) is 24.4 Å². The van der Waals surface area contributed by atoms with E-state index in [1.165, 1.54) is 12.4 Å². The molecule has 8 nitrogen and oxygen atoms in total. The molecule has 29 heavy (non-hydrogen) atoms. The van der Waals surface area contributed by atoms with E-state index < -0.39 is 42.3 Å². The highest BCUT2D eigenvalue weighted by molar-refractivity contribution is 5.86. The standard InChI is InChI=1S/C19H18F2N4O4/c20-11-2-1-9-8(12(11)21)4-6-28-15(9)16-13(26)14(27)19(29-16)25-5-3-10-17(22)23-7-24-18(10)25/h1-3,5,7,13-16,19,26-27H,4,6H2,(H2,22,23,24)/t13-,14+,15+,16-,19+/m0/s1. The molecule has 1 aromatic carbocycles. The number of nitrogen functional groups attached to an aromatic ring is 1. The summed E-state index contributed by atoms with van der Waals surface area (Å²) < 4.78 is 41.1. The number of benzene rings is 1. The number of hydrogen-bond acceptors (Lipinski definition) is 7. The molecule has 0 saturated carbocycles. The number of nitrogens with zero attached hydrogens (tertiary/aromatic N) is 3. The van der Waals surface area contributed by atoms with Gasteiger partial charge in [-0.1, -0.05) is 6.07 Å². The first-order valence-electron chi connectivity index (χ1n) is 9.14. The largest absolute Gasteiger partial charge is 0.387 e. The van der Waals surface area contributed by atoms with Crippen molar-refractivity contribution in [2.45, 2.75) is 37.1 Å². The maximum absolute atomic E-state index is 14.2. The number of hydrogen-bond donors (Lipinski definition) is 3. The first-order chi connectivity index (χ1) is 14.0. The van der Waals surface area contributed by atoms with Gasteiger partial charge in [0.15, 0.2) is 17.9 Å². The van der Waals surface area contributed by atoms with Crippen molar-refractivity contribution in [1.82, 2.24) is 14.5 Å². The lowest BCUT2D eigenvalue weighted by molar-refractivity contribution is -0.113. The van der Waals surface area contributed by atoms with Crippen LogP contribution in [0.3, 0.4) is 0 Å². The van der Waals surface area contributed by atoms with Crippen LogP contribution in [0.1, 0.15) is 23.5 Å². The third-order valence-electron chi connectivity index (χ3n) is 5.58. The molecule has 4 heterocycles. The first-order valence-corrected chi connectivity index (χ1v) is 9.14. The summed E-state index contributed by atoms with van der Waals surface area (Å²) in [6.45, 7) is 0.140. The fourth-order valence-electron chi connectivity index (χ4n) is 4.14. The van der Waals surface area contributed by atoms with Crippen molar-refractivity contribution in [3.05, 3.63) is 53.5 Å². The third kappa shape index (κ3) is 2.71. The van der Waals surface area contributed by atoms with Gasteiger partial charge in [-0.15, -0.1) is 0 Å². The Morgan fingerprint density at radius 3 is 2.79 bits per heavy atom. The van der Waals surface area contributed by atoms with Crippen LogP contribution in [0.2, 0.25) is 0 Å². The van der Waals surface area contributed by atoms with E-state index in [9.17, 15) is 19.0 Å². The van der Waals surface area contributed by atoms with E-state index >= 15 is 0 Å². The van der Waals surface area contributed by atoms with Crippen molar-refractivity contribution >= 4 is 16.9 Å². The van der Waals surface area contributed by atoms with E-state index in [0.29, 0.717) is 16.6 Å². The molecule has 5 atom stereocenters. The number of aliphatic hydroxyl groups excluding tert-OH is 2. The Kier molecular flexibility index (Phi) is 4.24. The summed E-state index contributed by atoms with van der Waals surface area (Å²) in [6, 6.07) is 4.13. The van der Waals surface area contributed by atoms with Crippen LogP contribution in [-0.2, 0) is 15.9 Å². The summed E-state index contributed by atoms with van der Waals surface area (Å²) in [5.74, 6) is -1.59. The van der Waals surface area contributed by atoms with Gasteiger partial charge in [-0.3, -0.25) is 0 Å². The fourth-order valence-corrected chi connectivity index (χ4v) is 4.14. The summed E-state index contributed by atoms with van der Waals surface area (Å²) in [6.07, 6.45) is -2.30. The average Bonchev–Trinajstić information content (AvgIpc) is 3.27. The highest BCUT2D eigenvalue weighted by atomic mass is 19.2. The molecule has 4 N–H and O–H groups in total. The van der Waals surface area contributed by atoms with Gasteiger partial charge in [0, 0.05) is 6.20 Å². The number of ether oxygens (including phenoxy) is 2.